The molecule has 0 aromatic rings. The molecule has 0 fully saturated rings. The van der Waals surface area contributed by atoms with Crippen molar-refractivity contribution in [3.63, 3.8) is 0 Å². The lowest BCUT2D eigenvalue weighted by Crippen LogP contribution is -2.45. The molecule has 0 radical (unpaired) electrons. The number of amides is 1. The average Bonchev–Trinajstić information content (AvgIpc) is 3.40. The largest absolute Gasteiger partial charge is 0.394 e. The van der Waals surface area contributed by atoms with Gasteiger partial charge in [0.1, 0.15) is 0 Å². The van der Waals surface area contributed by atoms with Crippen molar-refractivity contribution in [3.8, 4) is 0 Å². The molecule has 0 heterocycles. The summed E-state index contributed by atoms with van der Waals surface area (Å²) in [5.74, 6) is -0.0729. The fourth-order valence-electron chi connectivity index (χ4n) is 9.50. The van der Waals surface area contributed by atoms with E-state index in [0.717, 1.165) is 70.6 Å². The molecule has 73 heavy (non-hydrogen) atoms. The molecule has 3 N–H and O–H groups in total. The summed E-state index contributed by atoms with van der Waals surface area (Å²) in [5, 5.41) is 23.2. The minimum atomic E-state index is -0.868. The van der Waals surface area contributed by atoms with Crippen LogP contribution in [-0.4, -0.2) is 34.9 Å². The summed E-state index contributed by atoms with van der Waals surface area (Å²) in [6.45, 7) is 4.21. The first-order chi connectivity index (χ1) is 36.2. The van der Waals surface area contributed by atoms with Crippen LogP contribution in [0.3, 0.4) is 0 Å². The monoisotopic (exact) mass is 1010 g/mol. The molecule has 422 valence electrons. The molecule has 0 aromatic heterocycles. The van der Waals surface area contributed by atoms with Crippen molar-refractivity contribution < 1.29 is 15.0 Å². The van der Waals surface area contributed by atoms with Gasteiger partial charge in [-0.2, -0.15) is 0 Å². The van der Waals surface area contributed by atoms with Crippen LogP contribution in [0.4, 0.5) is 0 Å². The van der Waals surface area contributed by atoms with Gasteiger partial charge in [-0.15, -0.1) is 0 Å². The van der Waals surface area contributed by atoms with Gasteiger partial charge in [0.25, 0.3) is 0 Å². The molecule has 0 saturated heterocycles. The highest BCUT2D eigenvalue weighted by atomic mass is 16.3. The zero-order valence-corrected chi connectivity index (χ0v) is 48.6. The van der Waals surface area contributed by atoms with Gasteiger partial charge in [-0.1, -0.05) is 323 Å². The molecule has 0 aliphatic rings. The summed E-state index contributed by atoms with van der Waals surface area (Å²) < 4.78 is 0. The third kappa shape index (κ3) is 60.1. The lowest BCUT2D eigenvalue weighted by atomic mass is 10.0. The number of unbranched alkanes of at least 4 members (excludes halogenated alkanes) is 37. The van der Waals surface area contributed by atoms with Crippen LogP contribution >= 0.6 is 0 Å². The molecule has 0 saturated carbocycles. The number of hydrogen-bond donors (Lipinski definition) is 3. The van der Waals surface area contributed by atoms with E-state index in [-0.39, 0.29) is 12.5 Å². The highest BCUT2D eigenvalue weighted by molar-refractivity contribution is 5.76. The molecule has 0 spiro atoms. The van der Waals surface area contributed by atoms with E-state index in [4.69, 9.17) is 0 Å². The fraction of sp³-hybridized carbons (Fsp3) is 0.754. The maximum absolute atomic E-state index is 12.5. The zero-order chi connectivity index (χ0) is 52.7. The minimum Gasteiger partial charge on any atom is -0.394 e. The molecule has 4 nitrogen and oxygen atoms in total. The number of nitrogens with one attached hydrogen (secondary N) is 1. The molecule has 0 aliphatic carbocycles. The lowest BCUT2D eigenvalue weighted by molar-refractivity contribution is -0.123. The second-order valence-electron chi connectivity index (χ2n) is 21.4. The number of rotatable bonds is 58. The van der Waals surface area contributed by atoms with Gasteiger partial charge in [0.15, 0.2) is 0 Å². The first-order valence-electron chi connectivity index (χ1n) is 32.0. The van der Waals surface area contributed by atoms with Crippen LogP contribution in [0.2, 0.25) is 0 Å². The normalized spacial score (nSPS) is 13.4. The van der Waals surface area contributed by atoms with E-state index in [1.54, 1.807) is 6.08 Å². The fourth-order valence-corrected chi connectivity index (χ4v) is 9.50. The Morgan fingerprint density at radius 2 is 0.616 bits per heavy atom. The third-order valence-electron chi connectivity index (χ3n) is 14.3. The zero-order valence-electron chi connectivity index (χ0n) is 48.6. The molecule has 0 bridgehead atoms. The maximum atomic E-state index is 12.5. The van der Waals surface area contributed by atoms with Crippen LogP contribution in [0.5, 0.6) is 0 Å². The number of aliphatic hydroxyl groups excluding tert-OH is 2. The van der Waals surface area contributed by atoms with Crippen LogP contribution in [0.1, 0.15) is 316 Å². The quantitative estimate of drug-likeness (QED) is 0.0420. The second-order valence-corrected chi connectivity index (χ2v) is 21.4. The Bertz CT molecular complexity index is 1330. The molecule has 1 amide bonds. The van der Waals surface area contributed by atoms with Crippen LogP contribution in [0.15, 0.2) is 97.2 Å². The summed E-state index contributed by atoms with van der Waals surface area (Å²) in [5.41, 5.74) is 0. The molecular weight excluding hydrogens is 891 g/mol. The van der Waals surface area contributed by atoms with E-state index < -0.39 is 12.1 Å². The maximum Gasteiger partial charge on any atom is 0.220 e. The molecule has 4 heteroatoms. The molecule has 2 atom stereocenters. The SMILES string of the molecule is CC/C=C\C/C=C\C/C=C\C/C=C\C/C=C\C/C=C\CCCCCCCCCCCCCCCCCCC(=O)NC(CO)C(O)/C=C/CC/C=C/CCCCCCCCCCCCCCCCCCCCCC. The van der Waals surface area contributed by atoms with Crippen LogP contribution in [0.25, 0.3) is 0 Å². The molecule has 0 aliphatic heterocycles. The van der Waals surface area contributed by atoms with Crippen LogP contribution in [0, 0.1) is 0 Å². The predicted octanol–water partition coefficient (Wildman–Crippen LogP) is 21.6. The molecule has 0 aromatic carbocycles. The minimum absolute atomic E-state index is 0.0729. The van der Waals surface area contributed by atoms with Gasteiger partial charge in [0, 0.05) is 6.42 Å². The van der Waals surface area contributed by atoms with Crippen molar-refractivity contribution in [2.45, 2.75) is 328 Å². The molecular formula is C69H123NO3. The van der Waals surface area contributed by atoms with Crippen molar-refractivity contribution in [1.82, 2.24) is 5.32 Å². The van der Waals surface area contributed by atoms with Crippen molar-refractivity contribution in [3.05, 3.63) is 97.2 Å². The van der Waals surface area contributed by atoms with Gasteiger partial charge in [-0.3, -0.25) is 4.79 Å². The second kappa shape index (κ2) is 63.6. The van der Waals surface area contributed by atoms with Gasteiger partial charge >= 0.3 is 0 Å². The highest BCUT2D eigenvalue weighted by Gasteiger charge is 2.18. The van der Waals surface area contributed by atoms with E-state index in [0.29, 0.717) is 6.42 Å². The summed E-state index contributed by atoms with van der Waals surface area (Å²) >= 11 is 0. The Morgan fingerprint density at radius 1 is 0.342 bits per heavy atom. The Hall–Kier alpha value is -2.69. The Kier molecular flexibility index (Phi) is 61.3. The number of allylic oxidation sites excluding steroid dienone is 15. The summed E-state index contributed by atoms with van der Waals surface area (Å²) in [6.07, 6.45) is 94.6. The van der Waals surface area contributed by atoms with E-state index >= 15 is 0 Å². The number of hydrogen-bond acceptors (Lipinski definition) is 3. The highest BCUT2D eigenvalue weighted by Crippen LogP contribution is 2.17. The topological polar surface area (TPSA) is 69.6 Å². The Labute approximate surface area is 455 Å². The van der Waals surface area contributed by atoms with Gasteiger partial charge in [0.05, 0.1) is 18.8 Å². The van der Waals surface area contributed by atoms with E-state index in [2.05, 4.69) is 104 Å². The number of carbonyl (C=O) groups is 1. The Morgan fingerprint density at radius 3 is 0.959 bits per heavy atom. The van der Waals surface area contributed by atoms with Crippen molar-refractivity contribution in [2.75, 3.05) is 6.61 Å². The third-order valence-corrected chi connectivity index (χ3v) is 14.3. The Balaban J connectivity index is 3.52. The van der Waals surface area contributed by atoms with Crippen molar-refractivity contribution in [2.24, 2.45) is 0 Å². The smallest absolute Gasteiger partial charge is 0.220 e. The lowest BCUT2D eigenvalue weighted by Gasteiger charge is -2.19. The van der Waals surface area contributed by atoms with Crippen LogP contribution in [-0.2, 0) is 4.79 Å². The van der Waals surface area contributed by atoms with E-state index in [1.807, 2.05) is 6.08 Å². The standard InChI is InChI=1S/C69H123NO3/c1-3-5-7-9-11-13-15-17-19-21-23-25-27-29-31-32-33-34-35-36-37-38-39-41-43-45-47-49-51-53-55-57-59-61-63-65-69(73)70-67(66-71)68(72)64-62-60-58-56-54-52-50-48-46-44-42-40-30-28-26-24-22-20-18-16-14-12-10-8-6-4-2/h5,7,11,13,17,19,23,25,29,31,33-34,54,56,62,64,67-68,71-72H,3-4,6,8-10,12,14-16,18,20-22,24,26-28,30,32,35-53,55,57-61,63,65-66H2,1-2H3,(H,70,73)/b7-5-,13-11-,19-17-,25-23-,31-29-,34-33-,56-54+,64-62+. The van der Waals surface area contributed by atoms with Crippen molar-refractivity contribution in [1.29, 1.82) is 0 Å². The first kappa shape index (κ1) is 70.3. The van der Waals surface area contributed by atoms with E-state index in [9.17, 15) is 15.0 Å². The molecule has 2 unspecified atom stereocenters. The predicted molar refractivity (Wildman–Crippen MR) is 326 cm³/mol. The molecule has 0 rings (SSSR count). The first-order valence-corrected chi connectivity index (χ1v) is 32.0. The summed E-state index contributed by atoms with van der Waals surface area (Å²) in [6, 6.07) is -0.645. The van der Waals surface area contributed by atoms with Crippen LogP contribution < -0.4 is 5.32 Å². The van der Waals surface area contributed by atoms with E-state index in [1.165, 1.54) is 225 Å². The number of aliphatic hydroxyl groups is 2. The number of carbonyl (C=O) groups excluding carboxylic acids is 1. The average molecular weight is 1010 g/mol. The van der Waals surface area contributed by atoms with Gasteiger partial charge in [-0.05, 0) is 83.5 Å². The van der Waals surface area contributed by atoms with Gasteiger partial charge in [0.2, 0.25) is 5.91 Å². The van der Waals surface area contributed by atoms with Crippen molar-refractivity contribution >= 4 is 5.91 Å². The van der Waals surface area contributed by atoms with Gasteiger partial charge < -0.3 is 15.5 Å². The summed E-state index contributed by atoms with van der Waals surface area (Å²) in [7, 11) is 0. The summed E-state index contributed by atoms with van der Waals surface area (Å²) in [4.78, 5) is 12.5. The van der Waals surface area contributed by atoms with Gasteiger partial charge in [-0.25, -0.2) is 0 Å².